The molecule has 27 heavy (non-hydrogen) atoms. The van der Waals surface area contributed by atoms with Crippen LogP contribution in [0.25, 0.3) is 11.3 Å². The maximum Gasteiger partial charge on any atom is 0.349 e. The average Bonchev–Trinajstić information content (AvgIpc) is 3.38. The van der Waals surface area contributed by atoms with Crippen LogP contribution >= 0.6 is 11.3 Å². The largest absolute Gasteiger partial charge is 0.465 e. The first-order chi connectivity index (χ1) is 13.0. The molecule has 0 spiro atoms. The molecule has 0 saturated heterocycles. The molecule has 9 heteroatoms. The fourth-order valence-electron chi connectivity index (χ4n) is 3.16. The summed E-state index contributed by atoms with van der Waals surface area (Å²) in [5.41, 5.74) is 2.43. The number of thiophene rings is 1. The molecule has 0 radical (unpaired) electrons. The molecule has 2 aromatic heterocycles. The molecular weight excluding hydrogens is 386 g/mol. The molecule has 0 atom stereocenters. The number of nitrogens with one attached hydrogen (secondary N) is 1. The van der Waals surface area contributed by atoms with Gasteiger partial charge in [-0.2, -0.15) is 0 Å². The molecule has 0 bridgehead atoms. The number of esters is 1. The van der Waals surface area contributed by atoms with Crippen LogP contribution < -0.4 is 4.72 Å². The van der Waals surface area contributed by atoms with Gasteiger partial charge >= 0.3 is 5.97 Å². The number of benzene rings is 1. The minimum atomic E-state index is -3.89. The average molecular weight is 403 g/mol. The number of aryl methyl sites for hydroxylation is 1. The third-order valence-electron chi connectivity index (χ3n) is 4.44. The Morgan fingerprint density at radius 3 is 2.78 bits per heavy atom. The lowest BCUT2D eigenvalue weighted by atomic mass is 10.1. The number of carbonyl (C=O) groups is 1. The summed E-state index contributed by atoms with van der Waals surface area (Å²) in [7, 11) is -2.67. The molecule has 1 aliphatic heterocycles. The van der Waals surface area contributed by atoms with E-state index in [9.17, 15) is 13.2 Å². The second kappa shape index (κ2) is 6.82. The lowest BCUT2D eigenvalue weighted by molar-refractivity contribution is 0.0602. The first-order valence-corrected chi connectivity index (χ1v) is 10.7. The van der Waals surface area contributed by atoms with Gasteiger partial charge in [-0.1, -0.05) is 12.1 Å². The number of nitrogens with zero attached hydrogens (tertiary/aromatic N) is 2. The van der Waals surface area contributed by atoms with E-state index in [1.54, 1.807) is 17.5 Å². The Balaban J connectivity index is 1.58. The Labute approximate surface area is 160 Å². The molecule has 7 nitrogen and oxygen atoms in total. The zero-order valence-electron chi connectivity index (χ0n) is 14.5. The summed E-state index contributed by atoms with van der Waals surface area (Å²) in [5.74, 6) is 0.415. The van der Waals surface area contributed by atoms with Gasteiger partial charge in [0.1, 0.15) is 15.6 Å². The van der Waals surface area contributed by atoms with Gasteiger partial charge in [0.2, 0.25) is 0 Å². The summed E-state index contributed by atoms with van der Waals surface area (Å²) < 4.78 is 34.6. The number of hydrogen-bond donors (Lipinski definition) is 1. The number of sulfonamides is 1. The molecule has 4 rings (SSSR count). The number of ether oxygens (including phenoxy) is 1. The zero-order valence-corrected chi connectivity index (χ0v) is 16.1. The van der Waals surface area contributed by atoms with Crippen LogP contribution in [0.2, 0.25) is 0 Å². The summed E-state index contributed by atoms with van der Waals surface area (Å²) in [4.78, 5) is 16.1. The van der Waals surface area contributed by atoms with Gasteiger partial charge in [-0.25, -0.2) is 18.2 Å². The first-order valence-electron chi connectivity index (χ1n) is 8.33. The van der Waals surface area contributed by atoms with E-state index in [0.717, 1.165) is 47.8 Å². The Morgan fingerprint density at radius 2 is 2.04 bits per heavy atom. The van der Waals surface area contributed by atoms with Gasteiger partial charge in [0.05, 0.1) is 19.0 Å². The van der Waals surface area contributed by atoms with Gasteiger partial charge in [-0.05, 0) is 35.6 Å². The summed E-state index contributed by atoms with van der Waals surface area (Å²) in [6.07, 6.45) is 3.93. The fourth-order valence-corrected chi connectivity index (χ4v) is 5.55. The number of imidazole rings is 1. The number of hydrogen-bond acceptors (Lipinski definition) is 6. The minimum Gasteiger partial charge on any atom is -0.465 e. The van der Waals surface area contributed by atoms with Crippen molar-refractivity contribution in [3.8, 4) is 11.3 Å². The number of methoxy groups -OCH3 is 1. The van der Waals surface area contributed by atoms with E-state index in [-0.39, 0.29) is 9.77 Å². The molecule has 140 valence electrons. The van der Waals surface area contributed by atoms with Crippen molar-refractivity contribution in [1.82, 2.24) is 9.55 Å². The predicted molar refractivity (Wildman–Crippen MR) is 102 cm³/mol. The summed E-state index contributed by atoms with van der Waals surface area (Å²) in [6, 6.07) is 8.51. The number of carbonyl (C=O) groups excluding carboxylic acids is 1. The van der Waals surface area contributed by atoms with E-state index < -0.39 is 16.0 Å². The molecular formula is C18H17N3O4S2. The van der Waals surface area contributed by atoms with Crippen LogP contribution in [0, 0.1) is 0 Å². The highest BCUT2D eigenvalue weighted by molar-refractivity contribution is 7.93. The van der Waals surface area contributed by atoms with Crippen molar-refractivity contribution < 1.29 is 17.9 Å². The quantitative estimate of drug-likeness (QED) is 0.661. The van der Waals surface area contributed by atoms with Crippen LogP contribution in [0.3, 0.4) is 0 Å². The van der Waals surface area contributed by atoms with Crippen LogP contribution in [0.5, 0.6) is 0 Å². The lowest BCUT2D eigenvalue weighted by Crippen LogP contribution is -2.15. The van der Waals surface area contributed by atoms with Gasteiger partial charge in [-0.15, -0.1) is 11.3 Å². The molecule has 0 unspecified atom stereocenters. The number of aromatic nitrogens is 2. The van der Waals surface area contributed by atoms with E-state index in [1.807, 2.05) is 18.3 Å². The fraction of sp³-hybridized carbons (Fsp3) is 0.222. The first kappa shape index (κ1) is 17.7. The van der Waals surface area contributed by atoms with Crippen molar-refractivity contribution >= 4 is 33.0 Å². The molecule has 1 aliphatic rings. The maximum absolute atomic E-state index is 12.6. The highest BCUT2D eigenvalue weighted by Gasteiger charge is 2.25. The summed E-state index contributed by atoms with van der Waals surface area (Å²) >= 11 is 1.03. The SMILES string of the molecule is COC(=O)c1sccc1S(=O)(=O)Nc1ccc(-c2cnc3n2CCC3)cc1. The van der Waals surface area contributed by atoms with E-state index >= 15 is 0 Å². The van der Waals surface area contributed by atoms with E-state index in [2.05, 4.69) is 19.0 Å². The topological polar surface area (TPSA) is 90.3 Å². The molecule has 3 heterocycles. The summed E-state index contributed by atoms with van der Waals surface area (Å²) in [6.45, 7) is 0.952. The van der Waals surface area contributed by atoms with Gasteiger partial charge in [-0.3, -0.25) is 4.72 Å². The Kier molecular flexibility index (Phi) is 4.48. The van der Waals surface area contributed by atoms with E-state index in [1.165, 1.54) is 13.2 Å². The Bertz CT molecular complexity index is 1100. The number of fused-ring (bicyclic) bond motifs is 1. The van der Waals surface area contributed by atoms with Crippen molar-refractivity contribution in [2.24, 2.45) is 0 Å². The third-order valence-corrected chi connectivity index (χ3v) is 6.89. The van der Waals surface area contributed by atoms with Crippen LogP contribution in [-0.4, -0.2) is 31.0 Å². The van der Waals surface area contributed by atoms with Gasteiger partial charge < -0.3 is 9.30 Å². The highest BCUT2D eigenvalue weighted by Crippen LogP contribution is 2.28. The third kappa shape index (κ3) is 3.24. The summed E-state index contributed by atoms with van der Waals surface area (Å²) in [5, 5.41) is 1.55. The van der Waals surface area contributed by atoms with Crippen LogP contribution in [0.1, 0.15) is 21.9 Å². The molecule has 0 fully saturated rings. The molecule has 3 aromatic rings. The van der Waals surface area contributed by atoms with Crippen LogP contribution in [-0.2, 0) is 27.7 Å². The normalized spacial score (nSPS) is 13.4. The molecule has 1 aromatic carbocycles. The van der Waals surface area contributed by atoms with Crippen molar-refractivity contribution in [2.75, 3.05) is 11.8 Å². The van der Waals surface area contributed by atoms with Gasteiger partial charge in [0.15, 0.2) is 0 Å². The van der Waals surface area contributed by atoms with Crippen molar-refractivity contribution in [3.63, 3.8) is 0 Å². The monoisotopic (exact) mass is 403 g/mol. The maximum atomic E-state index is 12.6. The van der Waals surface area contributed by atoms with Crippen molar-refractivity contribution in [2.45, 2.75) is 24.3 Å². The molecule has 0 aliphatic carbocycles. The Hall–Kier alpha value is -2.65. The number of rotatable bonds is 5. The predicted octanol–water partition coefficient (Wildman–Crippen LogP) is 3.15. The van der Waals surface area contributed by atoms with Gasteiger partial charge in [0, 0.05) is 18.7 Å². The Morgan fingerprint density at radius 1 is 1.26 bits per heavy atom. The highest BCUT2D eigenvalue weighted by atomic mass is 32.2. The van der Waals surface area contributed by atoms with Crippen LogP contribution in [0.15, 0.2) is 46.8 Å². The second-order valence-corrected chi connectivity index (χ2v) is 8.67. The molecule has 0 amide bonds. The minimum absolute atomic E-state index is 0.0523. The zero-order chi connectivity index (χ0) is 19.0. The second-order valence-electron chi connectivity index (χ2n) is 6.10. The number of anilines is 1. The van der Waals surface area contributed by atoms with E-state index in [4.69, 9.17) is 0 Å². The lowest BCUT2D eigenvalue weighted by Gasteiger charge is -2.10. The van der Waals surface area contributed by atoms with E-state index in [0.29, 0.717) is 5.69 Å². The molecule has 1 N–H and O–H groups in total. The standard InChI is InChI=1S/C18H17N3O4S2/c1-25-18(22)17-15(8-10-26-17)27(23,24)20-13-6-4-12(5-7-13)14-11-19-16-3-2-9-21(14)16/h4-8,10-11,20H,2-3,9H2,1H3. The van der Waals surface area contributed by atoms with Gasteiger partial charge in [0.25, 0.3) is 10.0 Å². The van der Waals surface area contributed by atoms with Crippen molar-refractivity contribution in [3.05, 3.63) is 52.6 Å². The van der Waals surface area contributed by atoms with Crippen LogP contribution in [0.4, 0.5) is 5.69 Å². The smallest absolute Gasteiger partial charge is 0.349 e. The van der Waals surface area contributed by atoms with Crippen molar-refractivity contribution in [1.29, 1.82) is 0 Å². The molecule has 0 saturated carbocycles.